The molecule has 0 saturated heterocycles. The van der Waals surface area contributed by atoms with Crippen LogP contribution < -0.4 is 5.56 Å². The van der Waals surface area contributed by atoms with Crippen molar-refractivity contribution < 1.29 is 0 Å². The van der Waals surface area contributed by atoms with Gasteiger partial charge in [-0.1, -0.05) is 12.1 Å². The van der Waals surface area contributed by atoms with Crippen molar-refractivity contribution in [3.05, 3.63) is 64.3 Å². The average Bonchev–Trinajstić information content (AvgIpc) is 2.26. The van der Waals surface area contributed by atoms with E-state index in [1.165, 1.54) is 0 Å². The van der Waals surface area contributed by atoms with E-state index in [0.717, 1.165) is 11.1 Å². The van der Waals surface area contributed by atoms with Gasteiger partial charge in [0, 0.05) is 24.2 Å². The highest BCUT2D eigenvalue weighted by Gasteiger charge is 1.99. The number of nitrogens with zero attached hydrogens (tertiary/aromatic N) is 2. The number of hydrogen-bond donors (Lipinski definition) is 0. The van der Waals surface area contributed by atoms with E-state index in [4.69, 9.17) is 0 Å². The summed E-state index contributed by atoms with van der Waals surface area (Å²) in [6.07, 6.45) is 5.29. The minimum Gasteiger partial charge on any atom is -0.311 e. The molecule has 0 aromatic carbocycles. The van der Waals surface area contributed by atoms with Gasteiger partial charge in [0.25, 0.3) is 5.56 Å². The third kappa shape index (κ3) is 2.13. The van der Waals surface area contributed by atoms with Gasteiger partial charge in [0.2, 0.25) is 0 Å². The average molecular weight is 200 g/mol. The van der Waals surface area contributed by atoms with Crippen molar-refractivity contribution in [1.82, 2.24) is 9.55 Å². The zero-order valence-electron chi connectivity index (χ0n) is 8.55. The second kappa shape index (κ2) is 4.09. The second-order valence-corrected chi connectivity index (χ2v) is 3.49. The number of aryl methyl sites for hydroxylation is 1. The van der Waals surface area contributed by atoms with Gasteiger partial charge in [-0.15, -0.1) is 0 Å². The van der Waals surface area contributed by atoms with E-state index in [-0.39, 0.29) is 5.56 Å². The molecule has 2 heterocycles. The molecule has 0 N–H and O–H groups in total. The van der Waals surface area contributed by atoms with Crippen LogP contribution in [0.2, 0.25) is 0 Å². The van der Waals surface area contributed by atoms with E-state index < -0.39 is 0 Å². The molecule has 0 radical (unpaired) electrons. The number of aromatic nitrogens is 2. The Hall–Kier alpha value is -1.90. The molecule has 15 heavy (non-hydrogen) atoms. The Kier molecular flexibility index (Phi) is 2.63. The van der Waals surface area contributed by atoms with Crippen molar-refractivity contribution in [2.45, 2.75) is 13.5 Å². The van der Waals surface area contributed by atoms with Crippen molar-refractivity contribution in [1.29, 1.82) is 0 Å². The molecule has 0 aliphatic carbocycles. The zero-order chi connectivity index (χ0) is 10.7. The Balaban J connectivity index is 2.33. The predicted molar refractivity (Wildman–Crippen MR) is 58.8 cm³/mol. The van der Waals surface area contributed by atoms with Gasteiger partial charge >= 0.3 is 0 Å². The van der Waals surface area contributed by atoms with Crippen molar-refractivity contribution in [3.63, 3.8) is 0 Å². The Labute approximate surface area is 88.0 Å². The lowest BCUT2D eigenvalue weighted by atomic mass is 10.2. The van der Waals surface area contributed by atoms with E-state index in [9.17, 15) is 4.79 Å². The Morgan fingerprint density at radius 2 is 2.20 bits per heavy atom. The van der Waals surface area contributed by atoms with Gasteiger partial charge < -0.3 is 4.57 Å². The van der Waals surface area contributed by atoms with Crippen LogP contribution in [0.25, 0.3) is 0 Å². The molecule has 0 aliphatic heterocycles. The molecule has 0 spiro atoms. The first-order chi connectivity index (χ1) is 7.27. The lowest BCUT2D eigenvalue weighted by Gasteiger charge is -2.05. The molecule has 0 fully saturated rings. The van der Waals surface area contributed by atoms with Gasteiger partial charge in [0.1, 0.15) is 0 Å². The van der Waals surface area contributed by atoms with Gasteiger partial charge in [-0.25, -0.2) is 0 Å². The van der Waals surface area contributed by atoms with Crippen LogP contribution in [0.1, 0.15) is 11.1 Å². The standard InChI is InChI=1S/C12H12N2O/c1-10-4-3-7-14(12(10)15)9-11-5-2-6-13-8-11/h2-8H,9H2,1H3. The summed E-state index contributed by atoms with van der Waals surface area (Å²) < 4.78 is 1.69. The third-order valence-corrected chi connectivity index (χ3v) is 2.29. The summed E-state index contributed by atoms with van der Waals surface area (Å²) in [7, 11) is 0. The number of hydrogen-bond acceptors (Lipinski definition) is 2. The highest BCUT2D eigenvalue weighted by Crippen LogP contribution is 1.98. The van der Waals surface area contributed by atoms with Crippen molar-refractivity contribution in [2.24, 2.45) is 0 Å². The SMILES string of the molecule is Cc1cccn(Cc2cccnc2)c1=O. The molecule has 0 bridgehead atoms. The molecule has 0 unspecified atom stereocenters. The summed E-state index contributed by atoms with van der Waals surface area (Å²) >= 11 is 0. The summed E-state index contributed by atoms with van der Waals surface area (Å²) in [5.74, 6) is 0. The van der Waals surface area contributed by atoms with Crippen LogP contribution in [0.4, 0.5) is 0 Å². The molecule has 0 atom stereocenters. The minimum atomic E-state index is 0.0568. The van der Waals surface area contributed by atoms with Crippen LogP contribution in [0, 0.1) is 6.92 Å². The summed E-state index contributed by atoms with van der Waals surface area (Å²) in [4.78, 5) is 15.7. The molecule has 0 aliphatic rings. The summed E-state index contributed by atoms with van der Waals surface area (Å²) in [5.41, 5.74) is 1.85. The molecule has 76 valence electrons. The maximum atomic E-state index is 11.7. The van der Waals surface area contributed by atoms with Crippen LogP contribution in [0.15, 0.2) is 47.7 Å². The Bertz CT molecular complexity index is 503. The minimum absolute atomic E-state index is 0.0568. The molecular weight excluding hydrogens is 188 g/mol. The first-order valence-corrected chi connectivity index (χ1v) is 4.82. The first-order valence-electron chi connectivity index (χ1n) is 4.82. The largest absolute Gasteiger partial charge is 0.311 e. The van der Waals surface area contributed by atoms with E-state index >= 15 is 0 Å². The fraction of sp³-hybridized carbons (Fsp3) is 0.167. The Morgan fingerprint density at radius 3 is 2.93 bits per heavy atom. The highest BCUT2D eigenvalue weighted by atomic mass is 16.1. The van der Waals surface area contributed by atoms with Crippen LogP contribution in [0.3, 0.4) is 0 Å². The first kappa shape index (κ1) is 9.65. The lowest BCUT2D eigenvalue weighted by molar-refractivity contribution is 0.749. The van der Waals surface area contributed by atoms with E-state index in [2.05, 4.69) is 4.98 Å². The Morgan fingerprint density at radius 1 is 1.33 bits per heavy atom. The number of pyridine rings is 2. The number of rotatable bonds is 2. The molecule has 3 nitrogen and oxygen atoms in total. The maximum Gasteiger partial charge on any atom is 0.253 e. The molecule has 3 heteroatoms. The fourth-order valence-corrected chi connectivity index (χ4v) is 1.47. The van der Waals surface area contributed by atoms with Gasteiger partial charge in [0.05, 0.1) is 6.54 Å². The van der Waals surface area contributed by atoms with Crippen molar-refractivity contribution in [2.75, 3.05) is 0 Å². The van der Waals surface area contributed by atoms with E-state index in [0.29, 0.717) is 6.54 Å². The zero-order valence-corrected chi connectivity index (χ0v) is 8.55. The molecule has 2 aromatic heterocycles. The summed E-state index contributed by atoms with van der Waals surface area (Å²) in [6, 6.07) is 7.53. The molecular formula is C12H12N2O. The van der Waals surface area contributed by atoms with E-state index in [1.54, 1.807) is 23.2 Å². The molecule has 2 rings (SSSR count). The van der Waals surface area contributed by atoms with Crippen LogP contribution in [0.5, 0.6) is 0 Å². The van der Waals surface area contributed by atoms with Gasteiger partial charge in [-0.3, -0.25) is 9.78 Å². The topological polar surface area (TPSA) is 34.9 Å². The molecule has 2 aromatic rings. The van der Waals surface area contributed by atoms with Crippen LogP contribution in [-0.2, 0) is 6.54 Å². The highest BCUT2D eigenvalue weighted by molar-refractivity contribution is 5.12. The lowest BCUT2D eigenvalue weighted by Crippen LogP contribution is -2.21. The van der Waals surface area contributed by atoms with E-state index in [1.807, 2.05) is 31.2 Å². The van der Waals surface area contributed by atoms with Crippen LogP contribution in [-0.4, -0.2) is 9.55 Å². The van der Waals surface area contributed by atoms with Crippen molar-refractivity contribution >= 4 is 0 Å². The molecule has 0 saturated carbocycles. The smallest absolute Gasteiger partial charge is 0.253 e. The summed E-state index contributed by atoms with van der Waals surface area (Å²) in [6.45, 7) is 2.40. The molecule has 0 amide bonds. The quantitative estimate of drug-likeness (QED) is 0.738. The van der Waals surface area contributed by atoms with Crippen molar-refractivity contribution in [3.8, 4) is 0 Å². The normalized spacial score (nSPS) is 10.2. The summed E-state index contributed by atoms with van der Waals surface area (Å²) in [5, 5.41) is 0. The second-order valence-electron chi connectivity index (χ2n) is 3.49. The monoisotopic (exact) mass is 200 g/mol. The fourth-order valence-electron chi connectivity index (χ4n) is 1.47. The van der Waals surface area contributed by atoms with Gasteiger partial charge in [-0.2, -0.15) is 0 Å². The third-order valence-electron chi connectivity index (χ3n) is 2.29. The predicted octanol–water partition coefficient (Wildman–Crippen LogP) is 1.60. The van der Waals surface area contributed by atoms with Gasteiger partial charge in [0.15, 0.2) is 0 Å². The van der Waals surface area contributed by atoms with Gasteiger partial charge in [-0.05, 0) is 24.6 Å². The van der Waals surface area contributed by atoms with Crippen LogP contribution >= 0.6 is 0 Å². The maximum absolute atomic E-state index is 11.7.